The van der Waals surface area contributed by atoms with Gasteiger partial charge in [0.2, 0.25) is 0 Å². The van der Waals surface area contributed by atoms with Crippen molar-refractivity contribution in [2.75, 3.05) is 10.5 Å². The number of benzene rings is 3. The first-order chi connectivity index (χ1) is 10.9. The first kappa shape index (κ1) is 15.4. The van der Waals surface area contributed by atoms with E-state index in [0.29, 0.717) is 11.4 Å². The summed E-state index contributed by atoms with van der Waals surface area (Å²) in [5.41, 5.74) is 9.15. The standard InChI is InChI=1S/C18H18N2O2S/c1-12-7-9-14(10-8-12)23(21,22)20-17-11-13(2)18(19)16-6-4-3-5-15(16)17/h3-11,20H,19H2,1-2H3. The lowest BCUT2D eigenvalue weighted by atomic mass is 10.0. The minimum absolute atomic E-state index is 0.238. The number of fused-ring (bicyclic) bond motifs is 1. The van der Waals surface area contributed by atoms with Crippen LogP contribution in [0.15, 0.2) is 59.5 Å². The van der Waals surface area contributed by atoms with Crippen LogP contribution in [-0.2, 0) is 10.0 Å². The number of rotatable bonds is 3. The Labute approximate surface area is 136 Å². The zero-order valence-corrected chi connectivity index (χ0v) is 13.8. The summed E-state index contributed by atoms with van der Waals surface area (Å²) in [4.78, 5) is 0.238. The van der Waals surface area contributed by atoms with Crippen LogP contribution >= 0.6 is 0 Å². The van der Waals surface area contributed by atoms with Crippen molar-refractivity contribution in [3.8, 4) is 0 Å². The van der Waals surface area contributed by atoms with Gasteiger partial charge in [0.1, 0.15) is 0 Å². The first-order valence-electron chi connectivity index (χ1n) is 7.26. The van der Waals surface area contributed by atoms with E-state index in [1.54, 1.807) is 30.3 Å². The minimum Gasteiger partial charge on any atom is -0.398 e. The smallest absolute Gasteiger partial charge is 0.261 e. The van der Waals surface area contributed by atoms with Crippen molar-refractivity contribution in [2.45, 2.75) is 18.7 Å². The zero-order chi connectivity index (χ0) is 16.6. The lowest BCUT2D eigenvalue weighted by Gasteiger charge is -2.14. The van der Waals surface area contributed by atoms with Crippen molar-refractivity contribution < 1.29 is 8.42 Å². The summed E-state index contributed by atoms with van der Waals surface area (Å²) in [6, 6.07) is 16.0. The maximum atomic E-state index is 12.6. The van der Waals surface area contributed by atoms with Gasteiger partial charge in [0, 0.05) is 16.5 Å². The number of anilines is 2. The van der Waals surface area contributed by atoms with E-state index in [1.807, 2.05) is 38.1 Å². The first-order valence-corrected chi connectivity index (χ1v) is 8.74. The Kier molecular flexibility index (Phi) is 3.74. The van der Waals surface area contributed by atoms with Gasteiger partial charge in [-0.15, -0.1) is 0 Å². The average Bonchev–Trinajstić information content (AvgIpc) is 2.52. The summed E-state index contributed by atoms with van der Waals surface area (Å²) in [7, 11) is -3.64. The molecular weight excluding hydrogens is 308 g/mol. The number of hydrogen-bond acceptors (Lipinski definition) is 3. The molecule has 0 unspecified atom stereocenters. The van der Waals surface area contributed by atoms with Crippen molar-refractivity contribution in [3.63, 3.8) is 0 Å². The Morgan fingerprint density at radius 1 is 0.913 bits per heavy atom. The third-order valence-corrected chi connectivity index (χ3v) is 5.25. The van der Waals surface area contributed by atoms with E-state index in [1.165, 1.54) is 0 Å². The third-order valence-electron chi connectivity index (χ3n) is 3.87. The van der Waals surface area contributed by atoms with Gasteiger partial charge in [0.15, 0.2) is 0 Å². The highest BCUT2D eigenvalue weighted by atomic mass is 32.2. The SMILES string of the molecule is Cc1ccc(S(=O)(=O)Nc2cc(C)c(N)c3ccccc23)cc1. The third kappa shape index (κ3) is 2.87. The minimum atomic E-state index is -3.64. The maximum absolute atomic E-state index is 12.6. The molecule has 4 nitrogen and oxygen atoms in total. The molecule has 118 valence electrons. The highest BCUT2D eigenvalue weighted by molar-refractivity contribution is 7.92. The number of aryl methyl sites for hydroxylation is 2. The van der Waals surface area contributed by atoms with Crippen LogP contribution in [0.1, 0.15) is 11.1 Å². The quantitative estimate of drug-likeness (QED) is 0.718. The molecule has 0 heterocycles. The Morgan fingerprint density at radius 2 is 1.52 bits per heavy atom. The molecule has 0 radical (unpaired) electrons. The summed E-state index contributed by atoms with van der Waals surface area (Å²) in [5, 5.41) is 1.63. The van der Waals surface area contributed by atoms with Gasteiger partial charge < -0.3 is 5.73 Å². The second-order valence-corrected chi connectivity index (χ2v) is 7.30. The molecule has 0 atom stereocenters. The van der Waals surface area contributed by atoms with E-state index in [0.717, 1.165) is 21.9 Å². The van der Waals surface area contributed by atoms with Gasteiger partial charge in [-0.1, -0.05) is 42.0 Å². The number of sulfonamides is 1. The molecule has 0 fully saturated rings. The fraction of sp³-hybridized carbons (Fsp3) is 0.111. The molecule has 0 amide bonds. The van der Waals surface area contributed by atoms with E-state index in [4.69, 9.17) is 5.73 Å². The summed E-state index contributed by atoms with van der Waals surface area (Å²) in [6.45, 7) is 3.78. The molecule has 3 aromatic carbocycles. The van der Waals surface area contributed by atoms with Crippen molar-refractivity contribution in [1.82, 2.24) is 0 Å². The Bertz CT molecular complexity index is 978. The molecule has 0 saturated carbocycles. The van der Waals surface area contributed by atoms with E-state index in [2.05, 4.69) is 4.72 Å². The van der Waals surface area contributed by atoms with Crippen LogP contribution in [0.4, 0.5) is 11.4 Å². The topological polar surface area (TPSA) is 72.2 Å². The molecule has 0 aliphatic rings. The summed E-state index contributed by atoms with van der Waals surface area (Å²) in [6.07, 6.45) is 0. The van der Waals surface area contributed by atoms with Crippen LogP contribution in [0.3, 0.4) is 0 Å². The molecule has 5 heteroatoms. The molecule has 3 rings (SSSR count). The lowest BCUT2D eigenvalue weighted by molar-refractivity contribution is 0.601. The number of hydrogen-bond donors (Lipinski definition) is 2. The Hall–Kier alpha value is -2.53. The van der Waals surface area contributed by atoms with Crippen LogP contribution < -0.4 is 10.5 Å². The second kappa shape index (κ2) is 5.59. The number of nitrogen functional groups attached to an aromatic ring is 1. The van der Waals surface area contributed by atoms with E-state index in [-0.39, 0.29) is 4.90 Å². The number of nitrogens with one attached hydrogen (secondary N) is 1. The normalized spacial score (nSPS) is 11.6. The van der Waals surface area contributed by atoms with Crippen LogP contribution in [0.5, 0.6) is 0 Å². The van der Waals surface area contributed by atoms with Gasteiger partial charge in [-0.05, 0) is 37.6 Å². The van der Waals surface area contributed by atoms with E-state index >= 15 is 0 Å². The van der Waals surface area contributed by atoms with Crippen LogP contribution in [0, 0.1) is 13.8 Å². The Balaban J connectivity index is 2.11. The molecule has 0 aliphatic carbocycles. The van der Waals surface area contributed by atoms with E-state index < -0.39 is 10.0 Å². The highest BCUT2D eigenvalue weighted by Crippen LogP contribution is 2.32. The van der Waals surface area contributed by atoms with Gasteiger partial charge in [0.25, 0.3) is 10.0 Å². The molecule has 23 heavy (non-hydrogen) atoms. The summed E-state index contributed by atoms with van der Waals surface area (Å²) in [5.74, 6) is 0. The van der Waals surface area contributed by atoms with Gasteiger partial charge in [0.05, 0.1) is 10.6 Å². The van der Waals surface area contributed by atoms with Gasteiger partial charge in [-0.2, -0.15) is 0 Å². The number of nitrogens with two attached hydrogens (primary N) is 1. The van der Waals surface area contributed by atoms with Gasteiger partial charge in [-0.3, -0.25) is 4.72 Å². The summed E-state index contributed by atoms with van der Waals surface area (Å²) >= 11 is 0. The van der Waals surface area contributed by atoms with Gasteiger partial charge >= 0.3 is 0 Å². The van der Waals surface area contributed by atoms with Gasteiger partial charge in [-0.25, -0.2) is 8.42 Å². The molecule has 0 bridgehead atoms. The van der Waals surface area contributed by atoms with Crippen LogP contribution in [-0.4, -0.2) is 8.42 Å². The molecule has 0 saturated heterocycles. The highest BCUT2D eigenvalue weighted by Gasteiger charge is 2.16. The summed E-state index contributed by atoms with van der Waals surface area (Å²) < 4.78 is 27.9. The predicted molar refractivity (Wildman–Crippen MR) is 95.1 cm³/mol. The lowest BCUT2D eigenvalue weighted by Crippen LogP contribution is -2.13. The van der Waals surface area contributed by atoms with E-state index in [9.17, 15) is 8.42 Å². The average molecular weight is 326 g/mol. The molecule has 0 aromatic heterocycles. The maximum Gasteiger partial charge on any atom is 0.261 e. The van der Waals surface area contributed by atoms with Crippen molar-refractivity contribution in [2.24, 2.45) is 0 Å². The molecule has 0 spiro atoms. The van der Waals surface area contributed by atoms with Crippen LogP contribution in [0.2, 0.25) is 0 Å². The van der Waals surface area contributed by atoms with Crippen LogP contribution in [0.25, 0.3) is 10.8 Å². The fourth-order valence-corrected chi connectivity index (χ4v) is 3.61. The largest absolute Gasteiger partial charge is 0.398 e. The van der Waals surface area contributed by atoms with Crippen molar-refractivity contribution >= 4 is 32.2 Å². The monoisotopic (exact) mass is 326 g/mol. The fourth-order valence-electron chi connectivity index (χ4n) is 2.54. The molecule has 0 aliphatic heterocycles. The molecule has 3 N–H and O–H groups in total. The molecule has 3 aromatic rings. The Morgan fingerprint density at radius 3 is 2.17 bits per heavy atom. The van der Waals surface area contributed by atoms with Crippen molar-refractivity contribution in [3.05, 3.63) is 65.7 Å². The second-order valence-electron chi connectivity index (χ2n) is 5.62. The predicted octanol–water partition coefficient (Wildman–Crippen LogP) is 3.84. The zero-order valence-electron chi connectivity index (χ0n) is 13.0. The molecular formula is C18H18N2O2S. The van der Waals surface area contributed by atoms with Crippen molar-refractivity contribution in [1.29, 1.82) is 0 Å².